The Labute approximate surface area is 180 Å². The molecule has 0 saturated carbocycles. The van der Waals surface area contributed by atoms with Gasteiger partial charge in [-0.2, -0.15) is 0 Å². The van der Waals surface area contributed by atoms with Gasteiger partial charge < -0.3 is 19.2 Å². The fraction of sp³-hybridized carbons (Fsp3) is 0.292. The van der Waals surface area contributed by atoms with Crippen LogP contribution in [0.15, 0.2) is 57.7 Å². The number of rotatable bonds is 6. The van der Waals surface area contributed by atoms with Crippen molar-refractivity contribution in [3.8, 4) is 5.75 Å². The lowest BCUT2D eigenvalue weighted by atomic mass is 10.0. The van der Waals surface area contributed by atoms with Crippen molar-refractivity contribution in [3.63, 3.8) is 0 Å². The molecule has 7 heteroatoms. The van der Waals surface area contributed by atoms with Crippen LogP contribution >= 0.6 is 0 Å². The van der Waals surface area contributed by atoms with Gasteiger partial charge in [-0.15, -0.1) is 0 Å². The molecule has 1 aromatic heterocycles. The van der Waals surface area contributed by atoms with E-state index in [2.05, 4.69) is 5.32 Å². The van der Waals surface area contributed by atoms with E-state index in [0.29, 0.717) is 16.5 Å². The second-order valence-electron chi connectivity index (χ2n) is 7.73. The molecule has 0 saturated heterocycles. The van der Waals surface area contributed by atoms with E-state index in [1.165, 1.54) is 6.07 Å². The van der Waals surface area contributed by atoms with Crippen molar-refractivity contribution in [1.82, 2.24) is 5.32 Å². The van der Waals surface area contributed by atoms with Gasteiger partial charge in [-0.25, -0.2) is 14.4 Å². The molecule has 162 valence electrons. The third-order valence-corrected chi connectivity index (χ3v) is 4.77. The maximum atomic E-state index is 12.9. The Balaban J connectivity index is 1.77. The minimum absolute atomic E-state index is 0.0906. The van der Waals surface area contributed by atoms with Crippen LogP contribution in [0.25, 0.3) is 11.0 Å². The third kappa shape index (κ3) is 5.51. The van der Waals surface area contributed by atoms with Crippen LogP contribution in [0, 0.1) is 19.8 Å². The molecular formula is C24H25NO6. The minimum Gasteiger partial charge on any atom is -0.445 e. The van der Waals surface area contributed by atoms with E-state index in [-0.39, 0.29) is 18.3 Å². The van der Waals surface area contributed by atoms with Crippen molar-refractivity contribution < 1.29 is 23.5 Å². The molecule has 0 aliphatic rings. The number of carbonyl (C=O) groups is 2. The number of fused-ring (bicyclic) bond motifs is 1. The van der Waals surface area contributed by atoms with Crippen LogP contribution in [-0.4, -0.2) is 18.1 Å². The largest absolute Gasteiger partial charge is 0.445 e. The molecule has 0 fully saturated rings. The van der Waals surface area contributed by atoms with Gasteiger partial charge >= 0.3 is 17.7 Å². The van der Waals surface area contributed by atoms with Gasteiger partial charge in [0.25, 0.3) is 0 Å². The van der Waals surface area contributed by atoms with Crippen molar-refractivity contribution in [2.75, 3.05) is 0 Å². The first-order chi connectivity index (χ1) is 14.7. The maximum Gasteiger partial charge on any atom is 0.408 e. The molecule has 0 spiro atoms. The molecular weight excluding hydrogens is 398 g/mol. The van der Waals surface area contributed by atoms with Crippen LogP contribution < -0.4 is 15.7 Å². The second-order valence-corrected chi connectivity index (χ2v) is 7.73. The topological polar surface area (TPSA) is 94.8 Å². The highest BCUT2D eigenvalue weighted by molar-refractivity contribution is 5.91. The Morgan fingerprint density at radius 2 is 1.77 bits per heavy atom. The van der Waals surface area contributed by atoms with E-state index >= 15 is 0 Å². The first-order valence-electron chi connectivity index (χ1n) is 9.98. The molecule has 31 heavy (non-hydrogen) atoms. The quantitative estimate of drug-likeness (QED) is 0.362. The number of ether oxygens (including phenoxy) is 2. The zero-order valence-corrected chi connectivity index (χ0v) is 17.9. The van der Waals surface area contributed by atoms with Crippen molar-refractivity contribution in [3.05, 3.63) is 75.6 Å². The summed E-state index contributed by atoms with van der Waals surface area (Å²) < 4.78 is 16.1. The molecule has 3 aromatic rings. The Morgan fingerprint density at radius 3 is 2.45 bits per heavy atom. The Kier molecular flexibility index (Phi) is 6.74. The molecule has 3 rings (SSSR count). The summed E-state index contributed by atoms with van der Waals surface area (Å²) in [5.41, 5.74) is 2.09. The summed E-state index contributed by atoms with van der Waals surface area (Å²) in [6.07, 6.45) is -0.712. The predicted molar refractivity (Wildman–Crippen MR) is 116 cm³/mol. The van der Waals surface area contributed by atoms with Gasteiger partial charge in [0.1, 0.15) is 24.0 Å². The van der Waals surface area contributed by atoms with E-state index in [4.69, 9.17) is 13.9 Å². The molecule has 1 heterocycles. The SMILES string of the molecule is Cc1cc(OC(=O)[C@@H](NC(=O)OCc2ccccc2)C(C)C)c2c(C)cc(=O)oc2c1. The van der Waals surface area contributed by atoms with Gasteiger partial charge in [-0.1, -0.05) is 44.2 Å². The molecule has 1 atom stereocenters. The van der Waals surface area contributed by atoms with Crippen LogP contribution in [0.3, 0.4) is 0 Å². The third-order valence-electron chi connectivity index (χ3n) is 4.77. The first kappa shape index (κ1) is 22.1. The fourth-order valence-corrected chi connectivity index (χ4v) is 3.22. The van der Waals surface area contributed by atoms with Crippen molar-refractivity contribution in [1.29, 1.82) is 0 Å². The number of nitrogens with one attached hydrogen (secondary N) is 1. The molecule has 2 aromatic carbocycles. The van der Waals surface area contributed by atoms with Gasteiger partial charge in [0.2, 0.25) is 0 Å². The number of alkyl carbamates (subject to hydrolysis) is 1. The van der Waals surface area contributed by atoms with Crippen LogP contribution in [0.2, 0.25) is 0 Å². The first-order valence-corrected chi connectivity index (χ1v) is 9.98. The Morgan fingerprint density at radius 1 is 1.06 bits per heavy atom. The number of hydrogen-bond donors (Lipinski definition) is 1. The van der Waals surface area contributed by atoms with E-state index in [0.717, 1.165) is 11.1 Å². The van der Waals surface area contributed by atoms with Crippen LogP contribution in [0.4, 0.5) is 4.79 Å². The standard InChI is InChI=1S/C24H25NO6/c1-14(2)22(25-24(28)29-13-17-8-6-5-7-9-17)23(27)31-19-11-15(3)10-18-21(19)16(4)12-20(26)30-18/h5-12,14,22H,13H2,1-4H3,(H,25,28)/t22-/m0/s1. The van der Waals surface area contributed by atoms with Gasteiger partial charge in [-0.05, 0) is 48.6 Å². The van der Waals surface area contributed by atoms with Gasteiger partial charge in [-0.3, -0.25) is 0 Å². The second kappa shape index (κ2) is 9.47. The molecule has 1 amide bonds. The lowest BCUT2D eigenvalue weighted by Crippen LogP contribution is -2.46. The zero-order valence-electron chi connectivity index (χ0n) is 17.9. The summed E-state index contributed by atoms with van der Waals surface area (Å²) in [6.45, 7) is 7.22. The van der Waals surface area contributed by atoms with Crippen molar-refractivity contribution in [2.45, 2.75) is 40.3 Å². The number of carbonyl (C=O) groups excluding carboxylic acids is 2. The lowest BCUT2D eigenvalue weighted by molar-refractivity contribution is -0.137. The summed E-state index contributed by atoms with van der Waals surface area (Å²) in [4.78, 5) is 36.9. The van der Waals surface area contributed by atoms with Crippen molar-refractivity contribution in [2.24, 2.45) is 5.92 Å². The Hall–Kier alpha value is -3.61. The van der Waals surface area contributed by atoms with Gasteiger partial charge in [0.15, 0.2) is 0 Å². The zero-order chi connectivity index (χ0) is 22.5. The molecule has 1 N–H and O–H groups in total. The maximum absolute atomic E-state index is 12.9. The summed E-state index contributed by atoms with van der Waals surface area (Å²) in [5, 5.41) is 3.12. The minimum atomic E-state index is -0.921. The normalized spacial score (nSPS) is 11.9. The highest BCUT2D eigenvalue weighted by atomic mass is 16.6. The number of benzene rings is 2. The highest BCUT2D eigenvalue weighted by Gasteiger charge is 2.28. The van der Waals surface area contributed by atoms with Gasteiger partial charge in [0, 0.05) is 6.07 Å². The monoisotopic (exact) mass is 423 g/mol. The summed E-state index contributed by atoms with van der Waals surface area (Å²) in [6, 6.07) is 13.1. The van der Waals surface area contributed by atoms with Crippen molar-refractivity contribution >= 4 is 23.0 Å². The lowest BCUT2D eigenvalue weighted by Gasteiger charge is -2.21. The Bertz CT molecular complexity index is 1150. The number of hydrogen-bond acceptors (Lipinski definition) is 6. The summed E-state index contributed by atoms with van der Waals surface area (Å²) in [7, 11) is 0. The molecule has 0 aliphatic heterocycles. The summed E-state index contributed by atoms with van der Waals surface area (Å²) in [5.74, 6) is -0.609. The number of aryl methyl sites for hydroxylation is 2. The van der Waals surface area contributed by atoms with E-state index < -0.39 is 23.7 Å². The molecule has 7 nitrogen and oxygen atoms in total. The highest BCUT2D eigenvalue weighted by Crippen LogP contribution is 2.30. The molecule has 0 unspecified atom stereocenters. The molecule has 0 radical (unpaired) electrons. The summed E-state index contributed by atoms with van der Waals surface area (Å²) >= 11 is 0. The van der Waals surface area contributed by atoms with Gasteiger partial charge in [0.05, 0.1) is 5.39 Å². The molecule has 0 aliphatic carbocycles. The number of amides is 1. The van der Waals surface area contributed by atoms with E-state index in [1.54, 1.807) is 39.8 Å². The van der Waals surface area contributed by atoms with E-state index in [1.807, 2.05) is 30.3 Å². The van der Waals surface area contributed by atoms with Crippen LogP contribution in [-0.2, 0) is 16.1 Å². The molecule has 0 bridgehead atoms. The fourth-order valence-electron chi connectivity index (χ4n) is 3.22. The van der Waals surface area contributed by atoms with Crippen LogP contribution in [0.1, 0.15) is 30.5 Å². The predicted octanol–water partition coefficient (Wildman–Crippen LogP) is 4.27. The average molecular weight is 423 g/mol. The van der Waals surface area contributed by atoms with E-state index in [9.17, 15) is 14.4 Å². The average Bonchev–Trinajstić information content (AvgIpc) is 2.70. The smallest absolute Gasteiger partial charge is 0.408 e. The number of esters is 1. The van der Waals surface area contributed by atoms with Crippen LogP contribution in [0.5, 0.6) is 5.75 Å².